The number of ketones is 2. The Kier molecular flexibility index (Phi) is 5.44. The van der Waals surface area contributed by atoms with E-state index in [0.29, 0.717) is 16.7 Å². The largest absolute Gasteiger partial charge is 0.508 e. The Balaban J connectivity index is 1.71. The SMILES string of the molecule is COc1ncc(-c2ccc(O)c3c2CC2CC4CC(=O)C(C(N)=O)=C(O)C4(O)C(=O)C2=C3O)c(OC)n1. The third-order valence-corrected chi connectivity index (χ3v) is 7.34. The molecule has 0 aliphatic heterocycles. The van der Waals surface area contributed by atoms with Gasteiger partial charge in [-0.15, -0.1) is 0 Å². The Morgan fingerprint density at radius 1 is 1.11 bits per heavy atom. The summed E-state index contributed by atoms with van der Waals surface area (Å²) in [5.41, 5.74) is 2.92. The number of nitrogens with zero attached hydrogens (tertiary/aromatic N) is 2. The third kappa shape index (κ3) is 3.29. The number of primary amides is 1. The van der Waals surface area contributed by atoms with E-state index in [9.17, 15) is 34.8 Å². The van der Waals surface area contributed by atoms with Crippen molar-refractivity contribution in [2.45, 2.75) is 24.9 Å². The smallest absolute Gasteiger partial charge is 0.319 e. The first-order chi connectivity index (χ1) is 17.5. The van der Waals surface area contributed by atoms with Crippen molar-refractivity contribution in [3.05, 3.63) is 46.4 Å². The maximum atomic E-state index is 13.6. The first kappa shape index (κ1) is 24.3. The molecule has 5 rings (SSSR count). The fourth-order valence-corrected chi connectivity index (χ4v) is 5.66. The normalized spacial score (nSPS) is 24.8. The third-order valence-electron chi connectivity index (χ3n) is 7.34. The minimum atomic E-state index is -2.62. The van der Waals surface area contributed by atoms with E-state index in [1.54, 1.807) is 6.07 Å². The monoisotopic (exact) mass is 509 g/mol. The van der Waals surface area contributed by atoms with Gasteiger partial charge in [0.05, 0.1) is 25.3 Å². The Bertz CT molecular complexity index is 1460. The molecule has 12 heteroatoms. The lowest BCUT2D eigenvalue weighted by Crippen LogP contribution is -2.58. The number of fused-ring (bicyclic) bond motifs is 3. The van der Waals surface area contributed by atoms with Crippen molar-refractivity contribution in [1.82, 2.24) is 9.97 Å². The fourth-order valence-electron chi connectivity index (χ4n) is 5.66. The molecule has 12 nitrogen and oxygen atoms in total. The second kappa shape index (κ2) is 8.30. The van der Waals surface area contributed by atoms with Crippen LogP contribution in [0.1, 0.15) is 24.0 Å². The number of benzene rings is 1. The first-order valence-electron chi connectivity index (χ1n) is 11.3. The number of methoxy groups -OCH3 is 2. The molecule has 0 bridgehead atoms. The van der Waals surface area contributed by atoms with Crippen LogP contribution in [-0.4, -0.2) is 67.7 Å². The van der Waals surface area contributed by atoms with Crippen molar-refractivity contribution in [2.24, 2.45) is 17.6 Å². The molecule has 3 unspecified atom stereocenters. The van der Waals surface area contributed by atoms with Crippen LogP contribution in [0.3, 0.4) is 0 Å². The zero-order valence-corrected chi connectivity index (χ0v) is 19.8. The Hall–Kier alpha value is -4.45. The van der Waals surface area contributed by atoms with E-state index in [1.165, 1.54) is 26.5 Å². The van der Waals surface area contributed by atoms with Crippen LogP contribution >= 0.6 is 0 Å². The van der Waals surface area contributed by atoms with Gasteiger partial charge < -0.3 is 35.6 Å². The van der Waals surface area contributed by atoms with Crippen LogP contribution in [0.2, 0.25) is 0 Å². The van der Waals surface area contributed by atoms with E-state index in [4.69, 9.17) is 15.2 Å². The van der Waals surface area contributed by atoms with Crippen molar-refractivity contribution in [3.8, 4) is 28.8 Å². The van der Waals surface area contributed by atoms with Crippen LogP contribution < -0.4 is 15.2 Å². The van der Waals surface area contributed by atoms with Gasteiger partial charge in [0.2, 0.25) is 11.7 Å². The summed E-state index contributed by atoms with van der Waals surface area (Å²) in [5, 5.41) is 43.9. The number of aromatic hydroxyl groups is 1. The predicted molar refractivity (Wildman–Crippen MR) is 126 cm³/mol. The summed E-state index contributed by atoms with van der Waals surface area (Å²) < 4.78 is 10.4. The maximum absolute atomic E-state index is 13.6. The summed E-state index contributed by atoms with van der Waals surface area (Å²) in [6.45, 7) is 0. The highest BCUT2D eigenvalue weighted by atomic mass is 16.5. The molecule has 1 aromatic heterocycles. The molecule has 6 N–H and O–H groups in total. The molecule has 37 heavy (non-hydrogen) atoms. The van der Waals surface area contributed by atoms with E-state index < -0.39 is 58.4 Å². The molecular formula is C25H23N3O9. The highest BCUT2D eigenvalue weighted by Gasteiger charge is 2.60. The molecule has 3 aliphatic carbocycles. The van der Waals surface area contributed by atoms with Gasteiger partial charge in [0.1, 0.15) is 22.8 Å². The number of hydrogen-bond donors (Lipinski definition) is 5. The number of phenolic OH excluding ortho intramolecular Hbond substituents is 1. The number of aliphatic hydroxyl groups excluding tert-OH is 2. The Morgan fingerprint density at radius 2 is 1.84 bits per heavy atom. The number of phenols is 1. The molecule has 3 aliphatic rings. The number of carbonyl (C=O) groups is 3. The number of carbonyl (C=O) groups excluding carboxylic acids is 3. The van der Waals surface area contributed by atoms with Crippen LogP contribution in [0.5, 0.6) is 17.6 Å². The number of rotatable bonds is 4. The Morgan fingerprint density at radius 3 is 2.49 bits per heavy atom. The standard InChI is InChI=1S/C25H23N3O9/c1-36-23-13(8-27-24(28-23)37-2)11-3-4-14(29)17-12(11)6-9-5-10-7-15(30)18(22(26)34)21(33)25(10,35)20(32)16(9)19(17)31/h3-4,8-10,29,31,33,35H,5-7H2,1-2H3,(H2,26,34). The molecular weight excluding hydrogens is 486 g/mol. The molecule has 0 spiro atoms. The molecule has 1 fully saturated rings. The van der Waals surface area contributed by atoms with Crippen LogP contribution in [-0.2, 0) is 20.8 Å². The topological polar surface area (TPSA) is 202 Å². The van der Waals surface area contributed by atoms with Gasteiger partial charge in [-0.2, -0.15) is 4.98 Å². The first-order valence-corrected chi connectivity index (χ1v) is 11.3. The Labute approximate surface area is 209 Å². The van der Waals surface area contributed by atoms with Gasteiger partial charge in [-0.3, -0.25) is 14.4 Å². The highest BCUT2D eigenvalue weighted by Crippen LogP contribution is 2.53. The van der Waals surface area contributed by atoms with Gasteiger partial charge in [-0.05, 0) is 36.0 Å². The van der Waals surface area contributed by atoms with Crippen molar-refractivity contribution in [3.63, 3.8) is 0 Å². The molecule has 1 heterocycles. The number of nitrogens with two attached hydrogens (primary N) is 1. The summed E-state index contributed by atoms with van der Waals surface area (Å²) >= 11 is 0. The van der Waals surface area contributed by atoms with Crippen LogP contribution in [0.4, 0.5) is 0 Å². The van der Waals surface area contributed by atoms with E-state index in [1.807, 2.05) is 0 Å². The molecule has 1 aromatic carbocycles. The molecule has 192 valence electrons. The second-order valence-electron chi connectivity index (χ2n) is 9.17. The molecule has 0 radical (unpaired) electrons. The van der Waals surface area contributed by atoms with Crippen molar-refractivity contribution >= 4 is 23.2 Å². The van der Waals surface area contributed by atoms with Crippen LogP contribution in [0.15, 0.2) is 35.2 Å². The number of aliphatic hydroxyl groups is 3. The average molecular weight is 509 g/mol. The lowest BCUT2D eigenvalue weighted by atomic mass is 9.59. The second-order valence-corrected chi connectivity index (χ2v) is 9.17. The lowest BCUT2D eigenvalue weighted by molar-refractivity contribution is -0.147. The maximum Gasteiger partial charge on any atom is 0.319 e. The number of ether oxygens (including phenoxy) is 2. The molecule has 3 atom stereocenters. The van der Waals surface area contributed by atoms with Gasteiger partial charge in [0.25, 0.3) is 5.91 Å². The lowest BCUT2D eigenvalue weighted by Gasteiger charge is -2.46. The van der Waals surface area contributed by atoms with E-state index >= 15 is 0 Å². The highest BCUT2D eigenvalue weighted by molar-refractivity contribution is 6.22. The van der Waals surface area contributed by atoms with Crippen molar-refractivity contribution < 1.29 is 44.3 Å². The zero-order chi connectivity index (χ0) is 26.8. The quantitative estimate of drug-likeness (QED) is 0.366. The fraction of sp³-hybridized carbons (Fsp3) is 0.320. The van der Waals surface area contributed by atoms with Crippen LogP contribution in [0.25, 0.3) is 16.9 Å². The summed E-state index contributed by atoms with van der Waals surface area (Å²) in [4.78, 5) is 46.2. The van der Waals surface area contributed by atoms with Gasteiger partial charge in [0, 0.05) is 24.1 Å². The number of Topliss-reactive ketones (excluding diaryl/α,β-unsaturated/α-hetero) is 2. The number of hydrogen-bond acceptors (Lipinski definition) is 11. The van der Waals surface area contributed by atoms with Gasteiger partial charge in [0.15, 0.2) is 11.4 Å². The molecule has 0 saturated heterocycles. The molecule has 2 aromatic rings. The van der Waals surface area contributed by atoms with E-state index in [0.717, 1.165) is 0 Å². The van der Waals surface area contributed by atoms with Gasteiger partial charge >= 0.3 is 6.01 Å². The van der Waals surface area contributed by atoms with Gasteiger partial charge in [-0.1, -0.05) is 6.07 Å². The van der Waals surface area contributed by atoms with E-state index in [-0.39, 0.29) is 41.6 Å². The number of aromatic nitrogens is 2. The van der Waals surface area contributed by atoms with Crippen molar-refractivity contribution in [1.29, 1.82) is 0 Å². The summed E-state index contributed by atoms with van der Waals surface area (Å²) in [5.74, 6) is -6.69. The predicted octanol–water partition coefficient (Wildman–Crippen LogP) is 0.898. The van der Waals surface area contributed by atoms with Crippen LogP contribution in [0, 0.1) is 11.8 Å². The molecule has 1 saturated carbocycles. The van der Waals surface area contributed by atoms with Crippen molar-refractivity contribution in [2.75, 3.05) is 14.2 Å². The minimum Gasteiger partial charge on any atom is -0.508 e. The van der Waals surface area contributed by atoms with E-state index in [2.05, 4.69) is 9.97 Å². The average Bonchev–Trinajstić information content (AvgIpc) is 2.85. The number of amides is 1. The molecule has 1 amide bonds. The zero-order valence-electron chi connectivity index (χ0n) is 19.8. The summed E-state index contributed by atoms with van der Waals surface area (Å²) in [6, 6.07) is 2.99. The van der Waals surface area contributed by atoms with Gasteiger partial charge in [-0.25, -0.2) is 4.98 Å². The summed E-state index contributed by atoms with van der Waals surface area (Å²) in [7, 11) is 2.81. The summed E-state index contributed by atoms with van der Waals surface area (Å²) in [6.07, 6.45) is 1.23. The minimum absolute atomic E-state index is 0.0221.